The number of hydrogen-bond donors (Lipinski definition) is 1. The van der Waals surface area contributed by atoms with Crippen LogP contribution in [0.2, 0.25) is 5.02 Å². The molecule has 2 aromatic rings. The molecular formula is C18H21ClN2O2. The number of benzene rings is 2. The number of carbonyl (C=O) groups is 1. The topological polar surface area (TPSA) is 41.6 Å². The molecule has 0 bridgehead atoms. The van der Waals surface area contributed by atoms with E-state index in [9.17, 15) is 4.79 Å². The molecule has 23 heavy (non-hydrogen) atoms. The maximum atomic E-state index is 12.2. The third-order valence-corrected chi connectivity index (χ3v) is 3.62. The first-order chi connectivity index (χ1) is 11.0. The van der Waals surface area contributed by atoms with Crippen LogP contribution >= 0.6 is 11.6 Å². The maximum absolute atomic E-state index is 12.2. The zero-order chi connectivity index (χ0) is 16.8. The smallest absolute Gasteiger partial charge is 0.238 e. The van der Waals surface area contributed by atoms with Crippen molar-refractivity contribution in [2.75, 3.05) is 26.0 Å². The van der Waals surface area contributed by atoms with Gasteiger partial charge >= 0.3 is 0 Å². The number of hydrogen-bond acceptors (Lipinski definition) is 3. The fourth-order valence-corrected chi connectivity index (χ4v) is 2.57. The molecule has 0 aliphatic rings. The lowest BCUT2D eigenvalue weighted by Crippen LogP contribution is -2.30. The molecule has 0 fully saturated rings. The minimum atomic E-state index is -0.0848. The predicted octanol–water partition coefficient (Wildman–Crippen LogP) is 3.73. The van der Waals surface area contributed by atoms with Gasteiger partial charge in [-0.15, -0.1) is 0 Å². The van der Waals surface area contributed by atoms with Crippen LogP contribution in [0.15, 0.2) is 42.5 Å². The summed E-state index contributed by atoms with van der Waals surface area (Å²) in [5.41, 5.74) is 2.82. The second-order valence-electron chi connectivity index (χ2n) is 5.55. The van der Waals surface area contributed by atoms with Crippen LogP contribution in [0.1, 0.15) is 11.1 Å². The summed E-state index contributed by atoms with van der Waals surface area (Å²) in [6.07, 6.45) is 0. The monoisotopic (exact) mass is 332 g/mol. The number of rotatable bonds is 6. The molecule has 4 nitrogen and oxygen atoms in total. The summed E-state index contributed by atoms with van der Waals surface area (Å²) in [7, 11) is 3.49. The van der Waals surface area contributed by atoms with E-state index in [0.29, 0.717) is 23.0 Å². The van der Waals surface area contributed by atoms with Crippen LogP contribution in [0, 0.1) is 6.92 Å². The van der Waals surface area contributed by atoms with Crippen molar-refractivity contribution < 1.29 is 9.53 Å². The number of carbonyl (C=O) groups excluding carboxylic acids is 1. The van der Waals surface area contributed by atoms with E-state index >= 15 is 0 Å². The highest BCUT2D eigenvalue weighted by atomic mass is 35.5. The van der Waals surface area contributed by atoms with Crippen LogP contribution in [-0.4, -0.2) is 31.5 Å². The number of methoxy groups -OCH3 is 1. The molecule has 0 aliphatic heterocycles. The van der Waals surface area contributed by atoms with Crippen LogP contribution in [0.5, 0.6) is 5.75 Å². The van der Waals surface area contributed by atoms with Crippen LogP contribution in [0.4, 0.5) is 5.69 Å². The first-order valence-corrected chi connectivity index (χ1v) is 7.73. The summed E-state index contributed by atoms with van der Waals surface area (Å²) < 4.78 is 5.27. The summed E-state index contributed by atoms with van der Waals surface area (Å²) in [6, 6.07) is 13.3. The van der Waals surface area contributed by atoms with Crippen molar-refractivity contribution in [2.24, 2.45) is 0 Å². The van der Waals surface area contributed by atoms with Gasteiger partial charge in [-0.05, 0) is 49.4 Å². The summed E-state index contributed by atoms with van der Waals surface area (Å²) in [4.78, 5) is 14.2. The summed E-state index contributed by atoms with van der Waals surface area (Å²) in [6.45, 7) is 2.91. The molecule has 0 atom stereocenters. The zero-order valence-electron chi connectivity index (χ0n) is 13.6. The number of nitrogens with one attached hydrogen (secondary N) is 1. The number of halogens is 1. The number of aryl methyl sites for hydroxylation is 1. The van der Waals surface area contributed by atoms with Gasteiger partial charge in [0.15, 0.2) is 0 Å². The van der Waals surface area contributed by atoms with E-state index in [-0.39, 0.29) is 12.5 Å². The van der Waals surface area contributed by atoms with Gasteiger partial charge in [0.05, 0.1) is 19.3 Å². The molecule has 5 heteroatoms. The van der Waals surface area contributed by atoms with Gasteiger partial charge in [0.2, 0.25) is 5.91 Å². The Morgan fingerprint density at radius 2 is 2.04 bits per heavy atom. The third-order valence-electron chi connectivity index (χ3n) is 3.38. The lowest BCUT2D eigenvalue weighted by molar-refractivity contribution is -0.117. The molecule has 2 aromatic carbocycles. The van der Waals surface area contributed by atoms with Crippen molar-refractivity contribution in [1.29, 1.82) is 0 Å². The average molecular weight is 333 g/mol. The standard InChI is InChI=1S/C18H21ClN2O2/c1-13-7-8-17(23-3)16(9-13)20-18(22)12-21(2)11-14-5-4-6-15(19)10-14/h4-10H,11-12H2,1-3H3,(H,20,22). The Kier molecular flexibility index (Phi) is 6.02. The lowest BCUT2D eigenvalue weighted by Gasteiger charge is -2.17. The Labute approximate surface area is 142 Å². The minimum Gasteiger partial charge on any atom is -0.495 e. The molecule has 122 valence electrons. The predicted molar refractivity (Wildman–Crippen MR) is 94.1 cm³/mol. The van der Waals surface area contributed by atoms with Gasteiger partial charge in [-0.1, -0.05) is 29.8 Å². The molecule has 0 spiro atoms. The van der Waals surface area contributed by atoms with Crippen molar-refractivity contribution in [2.45, 2.75) is 13.5 Å². The first kappa shape index (κ1) is 17.3. The van der Waals surface area contributed by atoms with Gasteiger partial charge < -0.3 is 10.1 Å². The molecule has 0 saturated carbocycles. The minimum absolute atomic E-state index is 0.0848. The Hall–Kier alpha value is -2.04. The van der Waals surface area contributed by atoms with E-state index in [1.165, 1.54) is 0 Å². The van der Waals surface area contributed by atoms with Crippen LogP contribution in [-0.2, 0) is 11.3 Å². The molecule has 0 aliphatic carbocycles. The highest BCUT2D eigenvalue weighted by Crippen LogP contribution is 2.25. The second-order valence-corrected chi connectivity index (χ2v) is 5.99. The summed E-state index contributed by atoms with van der Waals surface area (Å²) >= 11 is 5.98. The van der Waals surface area contributed by atoms with Gasteiger partial charge in [0, 0.05) is 11.6 Å². The lowest BCUT2D eigenvalue weighted by atomic mass is 10.2. The van der Waals surface area contributed by atoms with Gasteiger partial charge in [0.25, 0.3) is 0 Å². The van der Waals surface area contributed by atoms with E-state index in [4.69, 9.17) is 16.3 Å². The molecule has 0 saturated heterocycles. The Bertz CT molecular complexity index is 688. The summed E-state index contributed by atoms with van der Waals surface area (Å²) in [5.74, 6) is 0.569. The molecule has 1 N–H and O–H groups in total. The van der Waals surface area contributed by atoms with Gasteiger partial charge in [-0.2, -0.15) is 0 Å². The Morgan fingerprint density at radius 1 is 1.26 bits per heavy atom. The number of amides is 1. The van der Waals surface area contributed by atoms with Gasteiger partial charge in [0.1, 0.15) is 5.75 Å². The van der Waals surface area contributed by atoms with E-state index in [2.05, 4.69) is 5.32 Å². The van der Waals surface area contributed by atoms with Gasteiger partial charge in [-0.25, -0.2) is 0 Å². The molecule has 2 rings (SSSR count). The fraction of sp³-hybridized carbons (Fsp3) is 0.278. The number of ether oxygens (including phenoxy) is 1. The fourth-order valence-electron chi connectivity index (χ4n) is 2.36. The number of likely N-dealkylation sites (N-methyl/N-ethyl adjacent to an activating group) is 1. The number of anilines is 1. The van der Waals surface area contributed by atoms with Crippen molar-refractivity contribution in [3.8, 4) is 5.75 Å². The largest absolute Gasteiger partial charge is 0.495 e. The Balaban J connectivity index is 1.95. The molecule has 0 heterocycles. The molecule has 0 radical (unpaired) electrons. The highest BCUT2D eigenvalue weighted by molar-refractivity contribution is 6.30. The quantitative estimate of drug-likeness (QED) is 0.876. The van der Waals surface area contributed by atoms with E-state index in [1.807, 2.05) is 61.3 Å². The van der Waals surface area contributed by atoms with Crippen molar-refractivity contribution in [3.05, 3.63) is 58.6 Å². The van der Waals surface area contributed by atoms with E-state index in [0.717, 1.165) is 11.1 Å². The van der Waals surface area contributed by atoms with Crippen LogP contribution in [0.3, 0.4) is 0 Å². The molecule has 1 amide bonds. The average Bonchev–Trinajstić information content (AvgIpc) is 2.47. The van der Waals surface area contributed by atoms with Crippen molar-refractivity contribution >= 4 is 23.2 Å². The SMILES string of the molecule is COc1ccc(C)cc1NC(=O)CN(C)Cc1cccc(Cl)c1. The third kappa shape index (κ3) is 5.27. The molecule has 0 unspecified atom stereocenters. The Morgan fingerprint density at radius 3 is 2.74 bits per heavy atom. The molecular weight excluding hydrogens is 312 g/mol. The first-order valence-electron chi connectivity index (χ1n) is 7.35. The highest BCUT2D eigenvalue weighted by Gasteiger charge is 2.11. The summed E-state index contributed by atoms with van der Waals surface area (Å²) in [5, 5.41) is 3.60. The normalized spacial score (nSPS) is 10.7. The maximum Gasteiger partial charge on any atom is 0.238 e. The van der Waals surface area contributed by atoms with Crippen LogP contribution in [0.25, 0.3) is 0 Å². The van der Waals surface area contributed by atoms with Gasteiger partial charge in [-0.3, -0.25) is 9.69 Å². The van der Waals surface area contributed by atoms with Crippen LogP contribution < -0.4 is 10.1 Å². The van der Waals surface area contributed by atoms with E-state index in [1.54, 1.807) is 7.11 Å². The molecule has 0 aromatic heterocycles. The number of nitrogens with zero attached hydrogens (tertiary/aromatic N) is 1. The van der Waals surface area contributed by atoms with Crippen molar-refractivity contribution in [1.82, 2.24) is 4.90 Å². The second kappa shape index (κ2) is 7.99. The zero-order valence-corrected chi connectivity index (χ0v) is 14.4. The van der Waals surface area contributed by atoms with Crippen molar-refractivity contribution in [3.63, 3.8) is 0 Å². The van der Waals surface area contributed by atoms with E-state index < -0.39 is 0 Å².